The lowest BCUT2D eigenvalue weighted by Gasteiger charge is -2.27. The number of hydrogen-bond acceptors (Lipinski definition) is 4. The second-order valence-corrected chi connectivity index (χ2v) is 7.52. The molecule has 1 aromatic carbocycles. The molecule has 2 aromatic rings. The molecule has 2 heterocycles. The number of rotatable bonds is 4. The second-order valence-electron chi connectivity index (χ2n) is 5.65. The Morgan fingerprint density at radius 2 is 2.17 bits per heavy atom. The Morgan fingerprint density at radius 3 is 2.83 bits per heavy atom. The van der Waals surface area contributed by atoms with Crippen LogP contribution in [0.5, 0.6) is 0 Å². The van der Waals surface area contributed by atoms with Crippen molar-refractivity contribution in [2.24, 2.45) is 5.92 Å². The number of ether oxygens (including phenoxy) is 1. The molecule has 1 saturated heterocycles. The predicted octanol–water partition coefficient (Wildman–Crippen LogP) is 3.82. The Bertz CT molecular complexity index is 786. The van der Waals surface area contributed by atoms with E-state index in [1.165, 1.54) is 11.3 Å². The topological polar surface area (TPSA) is 75.6 Å². The van der Waals surface area contributed by atoms with E-state index >= 15 is 0 Å². The summed E-state index contributed by atoms with van der Waals surface area (Å²) in [6, 6.07) is 4.18. The quantitative estimate of drug-likeness (QED) is 0.835. The maximum absolute atomic E-state index is 12.6. The summed E-state index contributed by atoms with van der Waals surface area (Å²) < 4.78 is 6.12. The summed E-state index contributed by atoms with van der Waals surface area (Å²) in [7, 11) is 0. The fraction of sp³-hybridized carbons (Fsp3) is 0.375. The fourth-order valence-electron chi connectivity index (χ4n) is 2.80. The normalized spacial score (nSPS) is 19.2. The summed E-state index contributed by atoms with van der Waals surface area (Å²) in [5.74, 6) is -1.81. The number of thiophene rings is 1. The van der Waals surface area contributed by atoms with Gasteiger partial charge in [0.2, 0.25) is 0 Å². The molecule has 0 bridgehead atoms. The van der Waals surface area contributed by atoms with E-state index in [2.05, 4.69) is 5.32 Å². The van der Waals surface area contributed by atoms with Gasteiger partial charge in [-0.3, -0.25) is 4.79 Å². The number of fused-ring (bicyclic) bond motifs is 1. The van der Waals surface area contributed by atoms with E-state index in [1.54, 1.807) is 18.2 Å². The molecule has 24 heavy (non-hydrogen) atoms. The molecule has 1 aliphatic rings. The Balaban J connectivity index is 1.85. The number of halogens is 2. The van der Waals surface area contributed by atoms with Crippen molar-refractivity contribution in [2.75, 3.05) is 13.2 Å². The number of carbonyl (C=O) groups excluding carboxylic acids is 1. The lowest BCUT2D eigenvalue weighted by molar-refractivity contribution is -0.142. The first-order chi connectivity index (χ1) is 11.5. The number of hydrogen-bond donors (Lipinski definition) is 2. The molecule has 0 saturated carbocycles. The molecular weight excluding hydrogens is 373 g/mol. The van der Waals surface area contributed by atoms with Gasteiger partial charge >= 0.3 is 5.97 Å². The van der Waals surface area contributed by atoms with Crippen molar-refractivity contribution >= 4 is 56.5 Å². The zero-order valence-electron chi connectivity index (χ0n) is 12.6. The maximum atomic E-state index is 12.6. The lowest BCUT2D eigenvalue weighted by Crippen LogP contribution is -2.48. The third kappa shape index (κ3) is 3.52. The molecule has 2 N–H and O–H groups in total. The van der Waals surface area contributed by atoms with Gasteiger partial charge in [0, 0.05) is 27.6 Å². The number of benzene rings is 1. The summed E-state index contributed by atoms with van der Waals surface area (Å²) in [5, 5.41) is 13.6. The standard InChI is InChI=1S/C16H15Cl2NO4S/c17-9-3-4-10-11(6-9)24-14(12(10)18)15(20)19-13(16(21)22)8-2-1-5-23-7-8/h3-4,6,8,13H,1-2,5,7H2,(H,19,20)(H,21,22). The zero-order valence-corrected chi connectivity index (χ0v) is 14.9. The Morgan fingerprint density at radius 1 is 1.38 bits per heavy atom. The minimum Gasteiger partial charge on any atom is -0.480 e. The first-order valence-electron chi connectivity index (χ1n) is 7.46. The van der Waals surface area contributed by atoms with Crippen LogP contribution in [0.3, 0.4) is 0 Å². The number of carboxylic acids is 1. The molecule has 1 amide bonds. The number of nitrogens with one attached hydrogen (secondary N) is 1. The van der Waals surface area contributed by atoms with E-state index in [4.69, 9.17) is 27.9 Å². The van der Waals surface area contributed by atoms with Gasteiger partial charge in [0.25, 0.3) is 5.91 Å². The van der Waals surface area contributed by atoms with Gasteiger partial charge < -0.3 is 15.2 Å². The Kier molecular flexibility index (Phi) is 5.30. The lowest BCUT2D eigenvalue weighted by atomic mass is 9.93. The van der Waals surface area contributed by atoms with Crippen LogP contribution < -0.4 is 5.32 Å². The van der Waals surface area contributed by atoms with E-state index in [9.17, 15) is 14.7 Å². The van der Waals surface area contributed by atoms with E-state index in [-0.39, 0.29) is 10.8 Å². The van der Waals surface area contributed by atoms with Crippen LogP contribution in [0.2, 0.25) is 10.0 Å². The first kappa shape index (κ1) is 17.5. The predicted molar refractivity (Wildman–Crippen MR) is 94.3 cm³/mol. The van der Waals surface area contributed by atoms with Crippen LogP contribution in [0.15, 0.2) is 18.2 Å². The van der Waals surface area contributed by atoms with Crippen LogP contribution in [-0.2, 0) is 9.53 Å². The van der Waals surface area contributed by atoms with Gasteiger partial charge in [-0.05, 0) is 25.0 Å². The van der Waals surface area contributed by atoms with Crippen LogP contribution in [0, 0.1) is 5.92 Å². The third-order valence-electron chi connectivity index (χ3n) is 4.02. The highest BCUT2D eigenvalue weighted by Gasteiger charge is 2.32. The minimum atomic E-state index is -1.07. The highest BCUT2D eigenvalue weighted by molar-refractivity contribution is 7.21. The van der Waals surface area contributed by atoms with Gasteiger partial charge in [-0.25, -0.2) is 4.79 Å². The first-order valence-corrected chi connectivity index (χ1v) is 9.03. The molecule has 1 aromatic heterocycles. The number of amides is 1. The SMILES string of the molecule is O=C(NC(C(=O)O)C1CCCOC1)c1sc2cc(Cl)ccc2c1Cl. The van der Waals surface area contributed by atoms with Crippen LogP contribution in [0.25, 0.3) is 10.1 Å². The van der Waals surface area contributed by atoms with Gasteiger partial charge in [0.1, 0.15) is 10.9 Å². The monoisotopic (exact) mass is 387 g/mol. The molecule has 1 fully saturated rings. The van der Waals surface area contributed by atoms with Gasteiger partial charge in [-0.15, -0.1) is 11.3 Å². The highest BCUT2D eigenvalue weighted by atomic mass is 35.5. The van der Waals surface area contributed by atoms with E-state index in [1.807, 2.05) is 0 Å². The van der Waals surface area contributed by atoms with Crippen molar-refractivity contribution in [3.8, 4) is 0 Å². The summed E-state index contributed by atoms with van der Waals surface area (Å²) in [6.07, 6.45) is 1.49. The molecule has 3 rings (SSSR count). The average molecular weight is 388 g/mol. The molecule has 0 aliphatic carbocycles. The number of aliphatic carboxylic acids is 1. The number of carbonyl (C=O) groups is 2. The molecule has 2 atom stereocenters. The minimum absolute atomic E-state index is 0.247. The zero-order chi connectivity index (χ0) is 17.3. The van der Waals surface area contributed by atoms with Gasteiger partial charge in [-0.1, -0.05) is 29.3 Å². The van der Waals surface area contributed by atoms with Crippen molar-refractivity contribution in [3.63, 3.8) is 0 Å². The largest absolute Gasteiger partial charge is 0.480 e. The molecule has 2 unspecified atom stereocenters. The van der Waals surface area contributed by atoms with Crippen LogP contribution >= 0.6 is 34.5 Å². The van der Waals surface area contributed by atoms with Crippen LogP contribution in [0.4, 0.5) is 0 Å². The second kappa shape index (κ2) is 7.27. The van der Waals surface area contributed by atoms with E-state index < -0.39 is 17.9 Å². The summed E-state index contributed by atoms with van der Waals surface area (Å²) in [5.41, 5.74) is 0. The van der Waals surface area contributed by atoms with E-state index in [0.29, 0.717) is 29.7 Å². The molecule has 128 valence electrons. The summed E-state index contributed by atoms with van der Waals surface area (Å²) in [4.78, 5) is 24.4. The molecular formula is C16H15Cl2NO4S. The molecule has 5 nitrogen and oxygen atoms in total. The van der Waals surface area contributed by atoms with Crippen molar-refractivity contribution in [3.05, 3.63) is 33.1 Å². The molecule has 1 aliphatic heterocycles. The smallest absolute Gasteiger partial charge is 0.326 e. The molecule has 0 radical (unpaired) electrons. The Labute approximate surface area is 152 Å². The molecule has 0 spiro atoms. The van der Waals surface area contributed by atoms with Crippen LogP contribution in [-0.4, -0.2) is 36.2 Å². The van der Waals surface area contributed by atoms with Crippen molar-refractivity contribution in [1.82, 2.24) is 5.32 Å². The molecule has 8 heteroatoms. The van der Waals surface area contributed by atoms with Gasteiger partial charge in [0.15, 0.2) is 0 Å². The highest BCUT2D eigenvalue weighted by Crippen LogP contribution is 2.36. The van der Waals surface area contributed by atoms with Gasteiger partial charge in [0.05, 0.1) is 11.6 Å². The summed E-state index contributed by atoms with van der Waals surface area (Å²) in [6.45, 7) is 0.951. The fourth-order valence-corrected chi connectivity index (χ4v) is 4.50. The number of carboxylic acid groups (broad SMARTS) is 1. The van der Waals surface area contributed by atoms with Crippen LogP contribution in [0.1, 0.15) is 22.5 Å². The summed E-state index contributed by atoms with van der Waals surface area (Å²) >= 11 is 13.4. The van der Waals surface area contributed by atoms with Crippen molar-refractivity contribution in [2.45, 2.75) is 18.9 Å². The van der Waals surface area contributed by atoms with Crippen molar-refractivity contribution in [1.29, 1.82) is 0 Å². The van der Waals surface area contributed by atoms with Crippen molar-refractivity contribution < 1.29 is 19.4 Å². The van der Waals surface area contributed by atoms with Gasteiger partial charge in [-0.2, -0.15) is 0 Å². The van der Waals surface area contributed by atoms with E-state index in [0.717, 1.165) is 16.5 Å². The maximum Gasteiger partial charge on any atom is 0.326 e. The third-order valence-corrected chi connectivity index (χ3v) is 5.91. The average Bonchev–Trinajstić information content (AvgIpc) is 2.89. The Hall–Kier alpha value is -1.34.